The Balaban J connectivity index is 1.77. The topological polar surface area (TPSA) is 48.0 Å². The number of ether oxygens (including phenoxy) is 3. The Kier molecular flexibility index (Phi) is 4.22. The molecule has 1 aliphatic carbocycles. The standard InChI is InChI=1S/C22H31NO4/c1-13-16(26-20(24)21(2,3)4)11-17-22(13)9-10-23(5)12-14-7-8-15(25-6)19(27-17)18(14)22/h7-8,13,16-17H,9-12H2,1-6H3/t13?,16-,17+,22-/m1/s1. The number of carbonyl (C=O) groups excluding carboxylic acids is 1. The fourth-order valence-electron chi connectivity index (χ4n) is 5.18. The second kappa shape index (κ2) is 6.13. The molecular weight excluding hydrogens is 342 g/mol. The van der Waals surface area contributed by atoms with Crippen molar-refractivity contribution in [2.24, 2.45) is 11.3 Å². The van der Waals surface area contributed by atoms with Gasteiger partial charge in [0.05, 0.1) is 12.5 Å². The maximum atomic E-state index is 12.5. The molecule has 27 heavy (non-hydrogen) atoms. The number of benzene rings is 1. The second-order valence-corrected chi connectivity index (χ2v) is 9.48. The lowest BCUT2D eigenvalue weighted by atomic mass is 9.69. The summed E-state index contributed by atoms with van der Waals surface area (Å²) in [5, 5.41) is 0. The zero-order valence-corrected chi connectivity index (χ0v) is 17.3. The van der Waals surface area contributed by atoms with Crippen LogP contribution in [0.1, 0.15) is 51.7 Å². The summed E-state index contributed by atoms with van der Waals surface area (Å²) in [7, 11) is 3.86. The summed E-state index contributed by atoms with van der Waals surface area (Å²) in [5.41, 5.74) is 1.99. The van der Waals surface area contributed by atoms with Crippen molar-refractivity contribution in [3.05, 3.63) is 23.3 Å². The maximum Gasteiger partial charge on any atom is 0.311 e. The van der Waals surface area contributed by atoms with E-state index in [2.05, 4.69) is 24.9 Å². The molecule has 1 saturated carbocycles. The Labute approximate surface area is 162 Å². The minimum atomic E-state index is -0.494. The van der Waals surface area contributed by atoms with Crippen LogP contribution in [0.2, 0.25) is 0 Å². The van der Waals surface area contributed by atoms with E-state index in [9.17, 15) is 4.79 Å². The summed E-state index contributed by atoms with van der Waals surface area (Å²) in [6.07, 6.45) is 1.66. The highest BCUT2D eigenvalue weighted by molar-refractivity contribution is 5.75. The van der Waals surface area contributed by atoms with E-state index in [1.54, 1.807) is 7.11 Å². The van der Waals surface area contributed by atoms with Crippen LogP contribution in [0.25, 0.3) is 0 Å². The van der Waals surface area contributed by atoms with Crippen molar-refractivity contribution in [2.75, 3.05) is 20.7 Å². The number of rotatable bonds is 2. The van der Waals surface area contributed by atoms with Gasteiger partial charge in [0.1, 0.15) is 12.2 Å². The van der Waals surface area contributed by atoms with Crippen LogP contribution in [-0.2, 0) is 21.5 Å². The summed E-state index contributed by atoms with van der Waals surface area (Å²) in [6.45, 7) is 9.86. The van der Waals surface area contributed by atoms with E-state index >= 15 is 0 Å². The van der Waals surface area contributed by atoms with Gasteiger partial charge in [-0.05, 0) is 52.4 Å². The van der Waals surface area contributed by atoms with Crippen molar-refractivity contribution in [1.82, 2.24) is 4.90 Å². The number of esters is 1. The second-order valence-electron chi connectivity index (χ2n) is 9.48. The van der Waals surface area contributed by atoms with Crippen LogP contribution in [0.3, 0.4) is 0 Å². The van der Waals surface area contributed by atoms with Crippen molar-refractivity contribution in [2.45, 2.75) is 64.7 Å². The molecule has 2 heterocycles. The van der Waals surface area contributed by atoms with Crippen molar-refractivity contribution >= 4 is 5.97 Å². The molecule has 1 unspecified atom stereocenters. The van der Waals surface area contributed by atoms with Crippen LogP contribution < -0.4 is 9.47 Å². The third kappa shape index (κ3) is 2.65. The Bertz CT molecular complexity index is 768. The normalized spacial score (nSPS) is 32.3. The van der Waals surface area contributed by atoms with Gasteiger partial charge in [-0.15, -0.1) is 0 Å². The van der Waals surface area contributed by atoms with Gasteiger partial charge in [0, 0.05) is 29.9 Å². The molecule has 0 saturated heterocycles. The molecule has 1 aromatic carbocycles. The van der Waals surface area contributed by atoms with Crippen LogP contribution in [-0.4, -0.2) is 43.8 Å². The van der Waals surface area contributed by atoms with Gasteiger partial charge in [-0.25, -0.2) is 0 Å². The molecule has 1 spiro atoms. The molecule has 0 radical (unpaired) electrons. The monoisotopic (exact) mass is 373 g/mol. The molecule has 5 nitrogen and oxygen atoms in total. The molecule has 2 aliphatic heterocycles. The lowest BCUT2D eigenvalue weighted by molar-refractivity contribution is -0.160. The first-order valence-corrected chi connectivity index (χ1v) is 9.95. The quantitative estimate of drug-likeness (QED) is 0.742. The van der Waals surface area contributed by atoms with Crippen LogP contribution in [0, 0.1) is 11.3 Å². The molecule has 5 heteroatoms. The van der Waals surface area contributed by atoms with E-state index < -0.39 is 5.41 Å². The Morgan fingerprint density at radius 3 is 2.74 bits per heavy atom. The van der Waals surface area contributed by atoms with Gasteiger partial charge in [-0.2, -0.15) is 0 Å². The van der Waals surface area contributed by atoms with Crippen LogP contribution >= 0.6 is 0 Å². The number of nitrogens with zero attached hydrogens (tertiary/aromatic N) is 1. The predicted molar refractivity (Wildman–Crippen MR) is 103 cm³/mol. The summed E-state index contributed by atoms with van der Waals surface area (Å²) < 4.78 is 18.1. The van der Waals surface area contributed by atoms with Crippen molar-refractivity contribution < 1.29 is 19.0 Å². The van der Waals surface area contributed by atoms with Crippen LogP contribution in [0.5, 0.6) is 11.5 Å². The van der Waals surface area contributed by atoms with Gasteiger partial charge in [0.25, 0.3) is 0 Å². The summed E-state index contributed by atoms with van der Waals surface area (Å²) in [5.74, 6) is 1.78. The predicted octanol–water partition coefficient (Wildman–Crippen LogP) is 3.53. The third-order valence-electron chi connectivity index (χ3n) is 6.76. The highest BCUT2D eigenvalue weighted by atomic mass is 16.6. The summed E-state index contributed by atoms with van der Waals surface area (Å²) in [6, 6.07) is 4.19. The molecule has 3 aliphatic rings. The molecule has 0 amide bonds. The van der Waals surface area contributed by atoms with E-state index in [1.807, 2.05) is 26.8 Å². The van der Waals surface area contributed by atoms with Gasteiger partial charge >= 0.3 is 5.97 Å². The molecule has 0 aromatic heterocycles. The van der Waals surface area contributed by atoms with Crippen LogP contribution in [0.4, 0.5) is 0 Å². The lowest BCUT2D eigenvalue weighted by Gasteiger charge is -2.34. The molecule has 4 rings (SSSR count). The van der Waals surface area contributed by atoms with E-state index in [0.717, 1.165) is 37.4 Å². The Morgan fingerprint density at radius 1 is 1.33 bits per heavy atom. The van der Waals surface area contributed by atoms with Gasteiger partial charge in [-0.1, -0.05) is 13.0 Å². The summed E-state index contributed by atoms with van der Waals surface area (Å²) >= 11 is 0. The molecule has 1 aromatic rings. The summed E-state index contributed by atoms with van der Waals surface area (Å²) in [4.78, 5) is 14.9. The highest BCUT2D eigenvalue weighted by Gasteiger charge is 2.62. The van der Waals surface area contributed by atoms with E-state index in [-0.39, 0.29) is 29.5 Å². The molecule has 148 valence electrons. The highest BCUT2D eigenvalue weighted by Crippen LogP contribution is 2.61. The van der Waals surface area contributed by atoms with Crippen molar-refractivity contribution in [1.29, 1.82) is 0 Å². The SMILES string of the molecule is COc1ccc2c3c1O[C@H]1C[C@@H](OC(=O)C(C)(C)C)C(C)[C@@]31CCN(C)C2. The van der Waals surface area contributed by atoms with Gasteiger partial charge in [0.2, 0.25) is 0 Å². The molecule has 4 atom stereocenters. The average molecular weight is 373 g/mol. The fourth-order valence-corrected chi connectivity index (χ4v) is 5.18. The maximum absolute atomic E-state index is 12.5. The van der Waals surface area contributed by atoms with E-state index in [4.69, 9.17) is 14.2 Å². The van der Waals surface area contributed by atoms with Gasteiger partial charge in [-0.3, -0.25) is 4.79 Å². The lowest BCUT2D eigenvalue weighted by Crippen LogP contribution is -2.40. The first-order chi connectivity index (χ1) is 12.7. The molecule has 0 N–H and O–H groups in total. The number of methoxy groups -OCH3 is 1. The Morgan fingerprint density at radius 2 is 2.07 bits per heavy atom. The number of hydrogen-bond acceptors (Lipinski definition) is 5. The van der Waals surface area contributed by atoms with E-state index in [1.165, 1.54) is 11.1 Å². The van der Waals surface area contributed by atoms with Crippen molar-refractivity contribution in [3.8, 4) is 11.5 Å². The fraction of sp³-hybridized carbons (Fsp3) is 0.682. The Hall–Kier alpha value is -1.75. The first-order valence-electron chi connectivity index (χ1n) is 9.95. The largest absolute Gasteiger partial charge is 0.493 e. The first kappa shape index (κ1) is 18.6. The van der Waals surface area contributed by atoms with Crippen LogP contribution in [0.15, 0.2) is 12.1 Å². The molecule has 0 bridgehead atoms. The van der Waals surface area contributed by atoms with Gasteiger partial charge in [0.15, 0.2) is 11.5 Å². The number of carbonyl (C=O) groups is 1. The molecule has 1 fully saturated rings. The zero-order valence-electron chi connectivity index (χ0n) is 17.3. The smallest absolute Gasteiger partial charge is 0.311 e. The minimum absolute atomic E-state index is 0.0295. The zero-order chi connectivity index (χ0) is 19.6. The number of hydrogen-bond donors (Lipinski definition) is 0. The minimum Gasteiger partial charge on any atom is -0.493 e. The van der Waals surface area contributed by atoms with Gasteiger partial charge < -0.3 is 19.1 Å². The molecular formula is C22H31NO4. The third-order valence-corrected chi connectivity index (χ3v) is 6.76. The van der Waals surface area contributed by atoms with Crippen molar-refractivity contribution in [3.63, 3.8) is 0 Å². The average Bonchev–Trinajstić information content (AvgIpc) is 2.98. The van der Waals surface area contributed by atoms with E-state index in [0.29, 0.717) is 0 Å².